The van der Waals surface area contributed by atoms with Gasteiger partial charge >= 0.3 is 0 Å². The van der Waals surface area contributed by atoms with Gasteiger partial charge in [-0.1, -0.05) is 18.2 Å². The molecular weight excluding hydrogens is 524 g/mol. The molecule has 11 heteroatoms. The molecule has 0 spiro atoms. The molecule has 2 aromatic rings. The molecule has 0 saturated carbocycles. The second-order valence-electron chi connectivity index (χ2n) is 9.11. The molecule has 3 rings (SSSR count). The van der Waals surface area contributed by atoms with Crippen LogP contribution < -0.4 is 11.1 Å². The van der Waals surface area contributed by atoms with Gasteiger partial charge in [0.05, 0.1) is 11.9 Å². The Kier molecular flexibility index (Phi) is 11.2. The number of nitrogens with one attached hydrogen (secondary N) is 2. The highest BCUT2D eigenvalue weighted by atomic mass is 32.2. The minimum atomic E-state index is -1.29. The number of amides is 1. The number of carbonyl (C=O) groups excluding carboxylic acids is 1. The van der Waals surface area contributed by atoms with Gasteiger partial charge in [0.1, 0.15) is 28.3 Å². The molecule has 1 saturated heterocycles. The summed E-state index contributed by atoms with van der Waals surface area (Å²) >= 11 is 0. The number of ether oxygens (including phenoxy) is 1. The molecule has 2 atom stereocenters. The summed E-state index contributed by atoms with van der Waals surface area (Å²) in [7, 11) is -1.29. The zero-order valence-corrected chi connectivity index (χ0v) is 22.8. The molecule has 1 aliphatic heterocycles. The lowest BCUT2D eigenvalue weighted by Crippen LogP contribution is -2.47. The molecule has 0 aliphatic carbocycles. The van der Waals surface area contributed by atoms with E-state index in [-0.39, 0.29) is 29.0 Å². The smallest absolute Gasteiger partial charge is 0.293 e. The Morgan fingerprint density at radius 3 is 2.38 bits per heavy atom. The van der Waals surface area contributed by atoms with Gasteiger partial charge in [-0.05, 0) is 56.0 Å². The fourth-order valence-corrected chi connectivity index (χ4v) is 5.51. The fourth-order valence-electron chi connectivity index (χ4n) is 4.15. The maximum Gasteiger partial charge on any atom is 0.293 e. The van der Waals surface area contributed by atoms with E-state index in [0.29, 0.717) is 44.4 Å². The fraction of sp³-hybridized carbons (Fsp3) is 0.357. The summed E-state index contributed by atoms with van der Waals surface area (Å²) in [5.41, 5.74) is 7.50. The highest BCUT2D eigenvalue weighted by molar-refractivity contribution is 7.82. The molecule has 0 aromatic heterocycles. The largest absolute Gasteiger partial charge is 0.486 e. The Morgan fingerprint density at radius 2 is 1.79 bits per heavy atom. The number of hydrogen-bond donors (Lipinski definition) is 3. The lowest BCUT2D eigenvalue weighted by atomic mass is 10.1. The second-order valence-corrected chi connectivity index (χ2v) is 10.9. The first kappa shape index (κ1) is 30.0. The Balaban J connectivity index is 1.75. The average molecular weight is 560 g/mol. The molecule has 2 aromatic carbocycles. The lowest BCUT2D eigenvalue weighted by Gasteiger charge is -2.37. The molecule has 1 unspecified atom stereocenters. The third-order valence-corrected chi connectivity index (χ3v) is 8.04. The number of carbonyl (C=O) groups is 1. The van der Waals surface area contributed by atoms with Crippen LogP contribution in [0.15, 0.2) is 66.6 Å². The zero-order chi connectivity index (χ0) is 28.4. The van der Waals surface area contributed by atoms with Crippen molar-refractivity contribution in [3.8, 4) is 0 Å². The summed E-state index contributed by atoms with van der Waals surface area (Å²) in [6.07, 6.45) is 5.09. The van der Waals surface area contributed by atoms with E-state index in [9.17, 15) is 17.8 Å². The van der Waals surface area contributed by atoms with Crippen LogP contribution in [0, 0.1) is 17.0 Å². The summed E-state index contributed by atoms with van der Waals surface area (Å²) in [5.74, 6) is -2.49. The third kappa shape index (κ3) is 8.46. The lowest BCUT2D eigenvalue weighted by molar-refractivity contribution is -0.116. The molecule has 1 fully saturated rings. The van der Waals surface area contributed by atoms with Crippen molar-refractivity contribution in [2.24, 2.45) is 0 Å². The quantitative estimate of drug-likeness (QED) is 0.0818. The highest BCUT2D eigenvalue weighted by Gasteiger charge is 2.29. The molecule has 0 bridgehead atoms. The van der Waals surface area contributed by atoms with Crippen molar-refractivity contribution in [3.05, 3.63) is 83.8 Å². The van der Waals surface area contributed by atoms with Gasteiger partial charge in [-0.2, -0.15) is 0 Å². The van der Waals surface area contributed by atoms with Crippen LogP contribution in [0.5, 0.6) is 0 Å². The van der Waals surface area contributed by atoms with Gasteiger partial charge in [0, 0.05) is 49.8 Å². The van der Waals surface area contributed by atoms with E-state index in [1.807, 2.05) is 28.3 Å². The Bertz CT molecular complexity index is 1190. The van der Waals surface area contributed by atoms with Crippen molar-refractivity contribution in [2.45, 2.75) is 31.4 Å². The van der Waals surface area contributed by atoms with Crippen molar-refractivity contribution in [2.75, 3.05) is 43.8 Å². The summed E-state index contributed by atoms with van der Waals surface area (Å²) in [6.45, 7) is 7.48. The number of allylic oxidation sites excluding steroid dienone is 2. The minimum Gasteiger partial charge on any atom is -0.486 e. The second kappa shape index (κ2) is 14.5. The van der Waals surface area contributed by atoms with Crippen LogP contribution in [-0.2, 0) is 20.5 Å². The van der Waals surface area contributed by atoms with E-state index < -0.39 is 28.5 Å². The number of nitrogens with two attached hydrogens (primary N) is 1. The predicted octanol–water partition coefficient (Wildman–Crippen LogP) is 4.76. The van der Waals surface area contributed by atoms with Gasteiger partial charge < -0.3 is 26.1 Å². The van der Waals surface area contributed by atoms with Crippen LogP contribution in [0.3, 0.4) is 0 Å². The molecule has 1 heterocycles. The number of halogens is 2. The van der Waals surface area contributed by atoms with Crippen LogP contribution in [0.4, 0.5) is 20.2 Å². The molecule has 210 valence electrons. The first-order valence-electron chi connectivity index (χ1n) is 12.8. The van der Waals surface area contributed by atoms with Gasteiger partial charge in [0.15, 0.2) is 0 Å². The topological polar surface area (TPSA) is 112 Å². The van der Waals surface area contributed by atoms with Crippen molar-refractivity contribution in [3.63, 3.8) is 0 Å². The van der Waals surface area contributed by atoms with E-state index in [0.717, 1.165) is 36.8 Å². The SMILES string of the molecule is C=CCCCCO/C(C(=O)Nc1cc(F)cc(F)c1)=C(/C=N)N1CCN(S(=O)[C@H](C)c2ccc(N)cc2)CC1. The predicted molar refractivity (Wildman–Crippen MR) is 151 cm³/mol. The van der Waals surface area contributed by atoms with Gasteiger partial charge in [-0.3, -0.25) is 4.79 Å². The molecule has 1 aliphatic rings. The van der Waals surface area contributed by atoms with Crippen LogP contribution in [0.1, 0.15) is 37.0 Å². The first-order chi connectivity index (χ1) is 18.7. The van der Waals surface area contributed by atoms with Gasteiger partial charge in [-0.15, -0.1) is 6.58 Å². The first-order valence-corrected chi connectivity index (χ1v) is 13.9. The summed E-state index contributed by atoms with van der Waals surface area (Å²) in [4.78, 5) is 15.0. The third-order valence-electron chi connectivity index (χ3n) is 6.29. The summed E-state index contributed by atoms with van der Waals surface area (Å²) < 4.78 is 48.3. The van der Waals surface area contributed by atoms with Crippen molar-refractivity contribution >= 4 is 34.5 Å². The Hall–Kier alpha value is -3.57. The maximum absolute atomic E-state index is 13.7. The van der Waals surface area contributed by atoms with E-state index in [1.54, 1.807) is 18.2 Å². The number of benzene rings is 2. The number of hydrogen-bond acceptors (Lipinski definition) is 6. The summed E-state index contributed by atoms with van der Waals surface area (Å²) in [5, 5.41) is 10.3. The minimum absolute atomic E-state index is 0.0635. The van der Waals surface area contributed by atoms with Crippen LogP contribution >= 0.6 is 0 Å². The van der Waals surface area contributed by atoms with Crippen molar-refractivity contribution < 1.29 is 22.5 Å². The van der Waals surface area contributed by atoms with Crippen LogP contribution in [-0.4, -0.2) is 58.3 Å². The normalized spacial score (nSPS) is 16.1. The standard InChI is InChI=1S/C28H35F2N5O3S/c1-3-4-5-6-15-38-27(28(36)33-25-17-22(29)16-23(30)18-25)26(19-31)34-11-13-35(14-12-34)39(37)20(2)21-7-9-24(32)10-8-21/h3,7-10,16-20,31H,1,4-6,11-15,32H2,2H3,(H,33,36)/b27-26-,31-19?/t20-,39?/m1/s1. The number of anilines is 2. The van der Waals surface area contributed by atoms with E-state index in [1.165, 1.54) is 0 Å². The van der Waals surface area contributed by atoms with Crippen molar-refractivity contribution in [1.82, 2.24) is 9.21 Å². The number of unbranched alkanes of at least 4 members (excludes halogenated alkanes) is 2. The van der Waals surface area contributed by atoms with Crippen LogP contribution in [0.2, 0.25) is 0 Å². The molecular formula is C28H35F2N5O3S. The highest BCUT2D eigenvalue weighted by Crippen LogP contribution is 2.25. The zero-order valence-electron chi connectivity index (χ0n) is 22.0. The number of nitrogens with zero attached hydrogens (tertiary/aromatic N) is 2. The van der Waals surface area contributed by atoms with Crippen LogP contribution in [0.25, 0.3) is 0 Å². The monoisotopic (exact) mass is 559 g/mol. The molecule has 39 heavy (non-hydrogen) atoms. The Morgan fingerprint density at radius 1 is 1.15 bits per heavy atom. The maximum atomic E-state index is 13.7. The van der Waals surface area contributed by atoms with Gasteiger partial charge in [0.2, 0.25) is 5.76 Å². The summed E-state index contributed by atoms with van der Waals surface area (Å²) in [6, 6.07) is 10.0. The van der Waals surface area contributed by atoms with E-state index in [4.69, 9.17) is 15.9 Å². The van der Waals surface area contributed by atoms with E-state index in [2.05, 4.69) is 11.9 Å². The molecule has 4 N–H and O–H groups in total. The molecule has 1 amide bonds. The average Bonchev–Trinajstić information content (AvgIpc) is 2.91. The number of piperazine rings is 1. The van der Waals surface area contributed by atoms with E-state index >= 15 is 0 Å². The Labute approximate surface area is 230 Å². The number of rotatable bonds is 13. The van der Waals surface area contributed by atoms with Gasteiger partial charge in [0.25, 0.3) is 5.91 Å². The number of nitrogen functional groups attached to an aromatic ring is 1. The van der Waals surface area contributed by atoms with Crippen molar-refractivity contribution in [1.29, 1.82) is 5.41 Å². The molecule has 8 nitrogen and oxygen atoms in total. The molecule has 0 radical (unpaired) electrons. The van der Waals surface area contributed by atoms with Gasteiger partial charge in [-0.25, -0.2) is 17.3 Å².